The van der Waals surface area contributed by atoms with Gasteiger partial charge in [0.1, 0.15) is 11.6 Å². The molecule has 15 heavy (non-hydrogen) atoms. The molecule has 0 bridgehead atoms. The molecule has 0 amide bonds. The van der Waals surface area contributed by atoms with Crippen molar-refractivity contribution in [1.82, 2.24) is 19.7 Å². The second kappa shape index (κ2) is 3.59. The van der Waals surface area contributed by atoms with Crippen molar-refractivity contribution in [2.45, 2.75) is 52.7 Å². The fourth-order valence-electron chi connectivity index (χ4n) is 2.05. The third kappa shape index (κ3) is 1.91. The summed E-state index contributed by atoms with van der Waals surface area (Å²) in [6, 6.07) is 0. The van der Waals surface area contributed by atoms with Crippen LogP contribution in [0.25, 0.3) is 0 Å². The number of nitrogens with zero attached hydrogens (tertiary/aromatic N) is 4. The number of aryl methyl sites for hydroxylation is 1. The van der Waals surface area contributed by atoms with Crippen LogP contribution in [0, 0.1) is 0 Å². The molecule has 0 atom stereocenters. The van der Waals surface area contributed by atoms with Crippen LogP contribution in [0.4, 0.5) is 0 Å². The van der Waals surface area contributed by atoms with E-state index in [0.717, 1.165) is 37.7 Å². The van der Waals surface area contributed by atoms with Gasteiger partial charge in [0, 0.05) is 25.0 Å². The van der Waals surface area contributed by atoms with Crippen LogP contribution < -0.4 is 0 Å². The lowest BCUT2D eigenvalue weighted by Gasteiger charge is -2.38. The fraction of sp³-hybridized carbons (Fsp3) is 0.818. The molecule has 1 aromatic heterocycles. The van der Waals surface area contributed by atoms with Gasteiger partial charge in [0.25, 0.3) is 0 Å². The Bertz CT molecular complexity index is 348. The van der Waals surface area contributed by atoms with E-state index in [1.165, 1.54) is 0 Å². The van der Waals surface area contributed by atoms with Crippen LogP contribution in [0.2, 0.25) is 0 Å². The molecule has 0 saturated carbocycles. The van der Waals surface area contributed by atoms with Crippen molar-refractivity contribution in [3.8, 4) is 0 Å². The Balaban J connectivity index is 2.21. The van der Waals surface area contributed by atoms with Crippen molar-refractivity contribution >= 4 is 0 Å². The largest absolute Gasteiger partial charge is 0.313 e. The van der Waals surface area contributed by atoms with E-state index in [2.05, 4.69) is 47.4 Å². The Morgan fingerprint density at radius 3 is 2.53 bits per heavy atom. The standard InChI is InChI=1S/C11H20N4/c1-5-9-12-13-10-8-14(11(2,3)4)6-7-15(9)10/h5-8H2,1-4H3. The molecule has 2 rings (SSSR count). The van der Waals surface area contributed by atoms with E-state index in [0.29, 0.717) is 0 Å². The highest BCUT2D eigenvalue weighted by molar-refractivity contribution is 5.00. The van der Waals surface area contributed by atoms with E-state index in [9.17, 15) is 0 Å². The molecule has 0 saturated heterocycles. The van der Waals surface area contributed by atoms with Crippen molar-refractivity contribution in [1.29, 1.82) is 0 Å². The van der Waals surface area contributed by atoms with E-state index in [1.807, 2.05) is 0 Å². The van der Waals surface area contributed by atoms with Crippen molar-refractivity contribution in [2.75, 3.05) is 6.54 Å². The Morgan fingerprint density at radius 2 is 1.93 bits per heavy atom. The van der Waals surface area contributed by atoms with Gasteiger partial charge in [-0.15, -0.1) is 10.2 Å². The molecule has 0 aliphatic carbocycles. The lowest BCUT2D eigenvalue weighted by atomic mass is 10.1. The number of aromatic nitrogens is 3. The quantitative estimate of drug-likeness (QED) is 0.700. The number of rotatable bonds is 1. The second-order valence-electron chi connectivity index (χ2n) is 5.13. The highest BCUT2D eigenvalue weighted by atomic mass is 15.3. The lowest BCUT2D eigenvalue weighted by Crippen LogP contribution is -2.46. The summed E-state index contributed by atoms with van der Waals surface area (Å²) in [7, 11) is 0. The Labute approximate surface area is 91.3 Å². The zero-order chi connectivity index (χ0) is 11.1. The van der Waals surface area contributed by atoms with Crippen LogP contribution in [-0.2, 0) is 19.5 Å². The first-order valence-electron chi connectivity index (χ1n) is 5.68. The molecule has 0 spiro atoms. The minimum absolute atomic E-state index is 0.226. The molecule has 4 nitrogen and oxygen atoms in total. The normalized spacial score (nSPS) is 17.9. The van der Waals surface area contributed by atoms with Gasteiger partial charge in [-0.3, -0.25) is 4.90 Å². The summed E-state index contributed by atoms with van der Waals surface area (Å²) in [5.41, 5.74) is 0.226. The number of hydrogen-bond donors (Lipinski definition) is 0. The highest BCUT2D eigenvalue weighted by Gasteiger charge is 2.27. The SMILES string of the molecule is CCc1nnc2n1CCN(C(C)(C)C)C2. The molecule has 0 unspecified atom stereocenters. The van der Waals surface area contributed by atoms with Crippen LogP contribution in [0.15, 0.2) is 0 Å². The van der Waals surface area contributed by atoms with Gasteiger partial charge in [-0.25, -0.2) is 0 Å². The van der Waals surface area contributed by atoms with Crippen LogP contribution >= 0.6 is 0 Å². The second-order valence-corrected chi connectivity index (χ2v) is 5.13. The summed E-state index contributed by atoms with van der Waals surface area (Å²) in [4.78, 5) is 2.45. The van der Waals surface area contributed by atoms with Crippen LogP contribution in [0.3, 0.4) is 0 Å². The van der Waals surface area contributed by atoms with Gasteiger partial charge in [0.15, 0.2) is 0 Å². The summed E-state index contributed by atoms with van der Waals surface area (Å²) in [6.45, 7) is 11.9. The third-order valence-corrected chi connectivity index (χ3v) is 3.09. The molecule has 4 heteroatoms. The van der Waals surface area contributed by atoms with Gasteiger partial charge < -0.3 is 4.57 Å². The molecule has 0 aromatic carbocycles. The zero-order valence-corrected chi connectivity index (χ0v) is 10.1. The summed E-state index contributed by atoms with van der Waals surface area (Å²) in [5.74, 6) is 2.24. The highest BCUT2D eigenvalue weighted by Crippen LogP contribution is 2.20. The summed E-state index contributed by atoms with van der Waals surface area (Å²) >= 11 is 0. The first-order chi connectivity index (χ1) is 7.02. The Hall–Kier alpha value is -0.900. The van der Waals surface area contributed by atoms with Gasteiger partial charge in [-0.1, -0.05) is 6.92 Å². The molecule has 0 N–H and O–H groups in total. The molecule has 1 aliphatic rings. The topological polar surface area (TPSA) is 34.0 Å². The summed E-state index contributed by atoms with van der Waals surface area (Å²) in [5, 5.41) is 8.48. The maximum Gasteiger partial charge on any atom is 0.147 e. The zero-order valence-electron chi connectivity index (χ0n) is 10.1. The molecule has 84 valence electrons. The maximum atomic E-state index is 4.26. The maximum absolute atomic E-state index is 4.26. The summed E-state index contributed by atoms with van der Waals surface area (Å²) < 4.78 is 2.27. The smallest absolute Gasteiger partial charge is 0.147 e. The predicted octanol–water partition coefficient (Wildman–Crippen LogP) is 1.45. The van der Waals surface area contributed by atoms with E-state index >= 15 is 0 Å². The van der Waals surface area contributed by atoms with Crippen molar-refractivity contribution in [3.63, 3.8) is 0 Å². The molecule has 1 aliphatic heterocycles. The molecule has 0 radical (unpaired) electrons. The van der Waals surface area contributed by atoms with Gasteiger partial charge >= 0.3 is 0 Å². The van der Waals surface area contributed by atoms with Crippen molar-refractivity contribution in [2.24, 2.45) is 0 Å². The van der Waals surface area contributed by atoms with Crippen LogP contribution in [0.5, 0.6) is 0 Å². The average molecular weight is 208 g/mol. The van der Waals surface area contributed by atoms with Crippen molar-refractivity contribution < 1.29 is 0 Å². The fourth-order valence-corrected chi connectivity index (χ4v) is 2.05. The van der Waals surface area contributed by atoms with Crippen LogP contribution in [-0.4, -0.2) is 31.7 Å². The molecule has 0 fully saturated rings. The predicted molar refractivity (Wildman–Crippen MR) is 59.6 cm³/mol. The van der Waals surface area contributed by atoms with Crippen LogP contribution in [0.1, 0.15) is 39.3 Å². The van der Waals surface area contributed by atoms with E-state index in [1.54, 1.807) is 0 Å². The number of hydrogen-bond acceptors (Lipinski definition) is 3. The first-order valence-corrected chi connectivity index (χ1v) is 5.68. The molecule has 1 aromatic rings. The van der Waals surface area contributed by atoms with E-state index in [4.69, 9.17) is 0 Å². The average Bonchev–Trinajstić information content (AvgIpc) is 2.58. The van der Waals surface area contributed by atoms with E-state index < -0.39 is 0 Å². The molecular formula is C11H20N4. The van der Waals surface area contributed by atoms with Gasteiger partial charge in [0.05, 0.1) is 6.54 Å². The Morgan fingerprint density at radius 1 is 1.20 bits per heavy atom. The summed E-state index contributed by atoms with van der Waals surface area (Å²) in [6.07, 6.45) is 0.975. The van der Waals surface area contributed by atoms with Gasteiger partial charge in [-0.05, 0) is 20.8 Å². The lowest BCUT2D eigenvalue weighted by molar-refractivity contribution is 0.0995. The first kappa shape index (κ1) is 10.6. The Kier molecular flexibility index (Phi) is 2.54. The molecular weight excluding hydrogens is 188 g/mol. The number of fused-ring (bicyclic) bond motifs is 1. The van der Waals surface area contributed by atoms with Gasteiger partial charge in [-0.2, -0.15) is 0 Å². The van der Waals surface area contributed by atoms with Crippen molar-refractivity contribution in [3.05, 3.63) is 11.6 Å². The minimum atomic E-state index is 0.226. The third-order valence-electron chi connectivity index (χ3n) is 3.09. The molecule has 2 heterocycles. The van der Waals surface area contributed by atoms with E-state index in [-0.39, 0.29) is 5.54 Å². The minimum Gasteiger partial charge on any atom is -0.313 e. The van der Waals surface area contributed by atoms with Gasteiger partial charge in [0.2, 0.25) is 0 Å². The monoisotopic (exact) mass is 208 g/mol.